The average molecular weight is 394 g/mol. The normalized spacial score (nSPS) is 23.4. The number of thioether (sulfide) groups is 1. The molecule has 0 aliphatic heterocycles. The Morgan fingerprint density at radius 3 is 2.43 bits per heavy atom. The van der Waals surface area contributed by atoms with Crippen LogP contribution in [0.5, 0.6) is 0 Å². The van der Waals surface area contributed by atoms with E-state index in [2.05, 4.69) is 75.2 Å². The zero-order valence-corrected chi connectivity index (χ0v) is 18.1. The van der Waals surface area contributed by atoms with Crippen LogP contribution in [-0.2, 0) is 21.7 Å². The van der Waals surface area contributed by atoms with E-state index in [1.54, 1.807) is 5.57 Å². The van der Waals surface area contributed by atoms with Crippen LogP contribution in [0.15, 0.2) is 41.1 Å². The van der Waals surface area contributed by atoms with Crippen LogP contribution in [0.25, 0.3) is 0 Å². The number of allylic oxidation sites excluding steroid dienone is 7. The molecule has 0 saturated heterocycles. The standard InChI is InChI=1S/C16H23SSi.2ClH.Ti/c1-5-17-16(13-9-8-10-14(16)2)18(3,4)15-11-6-7-12-15;;;/h6,8-11H,5,7,13H2,1-4H3;2*1H;/q-1;;;+3/p-2. The van der Waals surface area contributed by atoms with Gasteiger partial charge in [0.25, 0.3) is 0 Å². The van der Waals surface area contributed by atoms with E-state index in [1.807, 2.05) is 0 Å². The molecular formula is C16H23Cl2SSiTi. The van der Waals surface area contributed by atoms with Crippen molar-refractivity contribution in [1.29, 1.82) is 0 Å². The molecule has 0 amide bonds. The molecule has 0 heterocycles. The Bertz CT molecular complexity index is 455. The Morgan fingerprint density at radius 1 is 1.29 bits per heavy atom. The molecule has 0 nitrogen and oxygen atoms in total. The third-order valence-corrected chi connectivity index (χ3v) is 11.8. The quantitative estimate of drug-likeness (QED) is 0.430. The Labute approximate surface area is 162 Å². The largest absolute Gasteiger partial charge is 3.00 e. The molecule has 1 atom stereocenters. The van der Waals surface area contributed by atoms with Crippen LogP contribution in [0.4, 0.5) is 0 Å². The smallest absolute Gasteiger partial charge is 1.00 e. The number of halogens is 2. The molecule has 21 heavy (non-hydrogen) atoms. The van der Waals surface area contributed by atoms with Gasteiger partial charge in [0.2, 0.25) is 0 Å². The molecule has 1 radical (unpaired) electrons. The monoisotopic (exact) mass is 393 g/mol. The molecule has 0 aromatic heterocycles. The van der Waals surface area contributed by atoms with Gasteiger partial charge < -0.3 is 24.8 Å². The predicted molar refractivity (Wildman–Crippen MR) is 86.4 cm³/mol. The van der Waals surface area contributed by atoms with Gasteiger partial charge in [0.15, 0.2) is 0 Å². The van der Waals surface area contributed by atoms with Gasteiger partial charge in [-0.3, -0.25) is 6.08 Å². The second-order valence-corrected chi connectivity index (χ2v) is 12.1. The molecule has 2 rings (SSSR count). The first kappa shape index (κ1) is 24.1. The van der Waals surface area contributed by atoms with Gasteiger partial charge in [0.1, 0.15) is 0 Å². The third-order valence-electron chi connectivity index (χ3n) is 4.29. The van der Waals surface area contributed by atoms with Gasteiger partial charge in [-0.2, -0.15) is 17.8 Å². The molecule has 115 valence electrons. The fourth-order valence-corrected chi connectivity index (χ4v) is 9.56. The van der Waals surface area contributed by atoms with Crippen LogP contribution in [-0.4, -0.2) is 18.2 Å². The van der Waals surface area contributed by atoms with Crippen molar-refractivity contribution in [3.8, 4) is 0 Å². The predicted octanol–water partition coefficient (Wildman–Crippen LogP) is -1.13. The third kappa shape index (κ3) is 4.43. The second kappa shape index (κ2) is 9.85. The van der Waals surface area contributed by atoms with Crippen molar-refractivity contribution in [2.45, 2.75) is 44.2 Å². The van der Waals surface area contributed by atoms with Crippen molar-refractivity contribution in [1.82, 2.24) is 0 Å². The minimum Gasteiger partial charge on any atom is -1.00 e. The minimum absolute atomic E-state index is 0. The molecule has 0 saturated carbocycles. The van der Waals surface area contributed by atoms with E-state index in [0.717, 1.165) is 6.42 Å². The average Bonchev–Trinajstić information content (AvgIpc) is 2.86. The van der Waals surface area contributed by atoms with E-state index >= 15 is 0 Å². The van der Waals surface area contributed by atoms with Gasteiger partial charge in [-0.25, -0.2) is 11.3 Å². The van der Waals surface area contributed by atoms with E-state index in [9.17, 15) is 0 Å². The van der Waals surface area contributed by atoms with E-state index in [1.165, 1.54) is 17.4 Å². The van der Waals surface area contributed by atoms with Crippen LogP contribution >= 0.6 is 11.8 Å². The van der Waals surface area contributed by atoms with Crippen LogP contribution in [0.3, 0.4) is 0 Å². The zero-order chi connectivity index (χ0) is 13.2. The Balaban J connectivity index is 0. The van der Waals surface area contributed by atoms with Gasteiger partial charge in [-0.05, 0) is 19.1 Å². The van der Waals surface area contributed by atoms with Crippen molar-refractivity contribution in [2.24, 2.45) is 0 Å². The van der Waals surface area contributed by atoms with E-state index < -0.39 is 8.07 Å². The molecule has 0 bridgehead atoms. The first-order valence-electron chi connectivity index (χ1n) is 6.80. The Kier molecular flexibility index (Phi) is 11.3. The maximum atomic E-state index is 3.60. The molecule has 5 heteroatoms. The molecule has 1 unspecified atom stereocenters. The van der Waals surface area contributed by atoms with Crippen molar-refractivity contribution < 1.29 is 46.5 Å². The number of rotatable bonds is 4. The SMILES string of the molecule is CCSC1([Si](C)(C)C2=[C-]CC=C2)CC=CC=C1C.[Cl-].[Cl-].[Ti+3]. The topological polar surface area (TPSA) is 0 Å². The summed E-state index contributed by atoms with van der Waals surface area (Å²) in [5.74, 6) is 1.19. The molecule has 0 aromatic carbocycles. The summed E-state index contributed by atoms with van der Waals surface area (Å²) < 4.78 is 0.327. The van der Waals surface area contributed by atoms with Gasteiger partial charge >= 0.3 is 21.7 Å². The Morgan fingerprint density at radius 2 is 1.95 bits per heavy atom. The maximum absolute atomic E-state index is 3.60. The van der Waals surface area contributed by atoms with Crippen molar-refractivity contribution in [3.63, 3.8) is 0 Å². The number of hydrogen-bond acceptors (Lipinski definition) is 1. The molecule has 2 aliphatic carbocycles. The fraction of sp³-hybridized carbons (Fsp3) is 0.500. The summed E-state index contributed by atoms with van der Waals surface area (Å²) in [6, 6.07) is 0. The van der Waals surface area contributed by atoms with Crippen LogP contribution in [0.1, 0.15) is 26.7 Å². The summed E-state index contributed by atoms with van der Waals surface area (Å²) in [4.78, 5) is 0. The summed E-state index contributed by atoms with van der Waals surface area (Å²) in [5.41, 5.74) is 1.56. The molecule has 0 spiro atoms. The first-order chi connectivity index (χ1) is 8.54. The number of hydrogen-bond donors (Lipinski definition) is 0. The van der Waals surface area contributed by atoms with Crippen LogP contribution in [0.2, 0.25) is 13.1 Å². The summed E-state index contributed by atoms with van der Waals surface area (Å²) >= 11 is 2.15. The van der Waals surface area contributed by atoms with Crippen molar-refractivity contribution in [2.75, 3.05) is 5.75 Å². The molecule has 0 aromatic rings. The van der Waals surface area contributed by atoms with Gasteiger partial charge in [-0.1, -0.05) is 43.8 Å². The van der Waals surface area contributed by atoms with E-state index in [4.69, 9.17) is 0 Å². The summed E-state index contributed by atoms with van der Waals surface area (Å²) in [6.45, 7) is 9.64. The summed E-state index contributed by atoms with van der Waals surface area (Å²) in [6.07, 6.45) is 17.3. The maximum Gasteiger partial charge on any atom is 3.00 e. The zero-order valence-electron chi connectivity index (χ0n) is 13.2. The van der Waals surface area contributed by atoms with Crippen molar-refractivity contribution in [3.05, 3.63) is 47.2 Å². The van der Waals surface area contributed by atoms with Crippen LogP contribution < -0.4 is 24.8 Å². The van der Waals surface area contributed by atoms with Crippen LogP contribution in [0, 0.1) is 6.08 Å². The van der Waals surface area contributed by atoms with Gasteiger partial charge in [0.05, 0.1) is 8.07 Å². The van der Waals surface area contributed by atoms with Gasteiger partial charge in [-0.15, -0.1) is 6.42 Å². The van der Waals surface area contributed by atoms with Crippen molar-refractivity contribution >= 4 is 19.8 Å². The minimum atomic E-state index is -1.54. The van der Waals surface area contributed by atoms with Gasteiger partial charge in [0, 0.05) is 4.37 Å². The molecule has 0 fully saturated rings. The second-order valence-electron chi connectivity index (χ2n) is 5.56. The first-order valence-corrected chi connectivity index (χ1v) is 10.8. The van der Waals surface area contributed by atoms with E-state index in [0.29, 0.717) is 4.37 Å². The fourth-order valence-electron chi connectivity index (χ4n) is 3.14. The summed E-state index contributed by atoms with van der Waals surface area (Å²) in [5, 5.41) is 1.52. The Hall–Kier alpha value is 0.821. The molecule has 2 aliphatic rings. The van der Waals surface area contributed by atoms with E-state index in [-0.39, 0.29) is 46.5 Å². The molecular weight excluding hydrogens is 371 g/mol. The molecule has 0 N–H and O–H groups in total. The summed E-state index contributed by atoms with van der Waals surface area (Å²) in [7, 11) is -1.54.